The van der Waals surface area contributed by atoms with Crippen molar-refractivity contribution in [3.8, 4) is 0 Å². The van der Waals surface area contributed by atoms with Crippen molar-refractivity contribution in [3.05, 3.63) is 15.8 Å². The maximum absolute atomic E-state index is 12.5. The van der Waals surface area contributed by atoms with Gasteiger partial charge < -0.3 is 9.84 Å². The second-order valence-electron chi connectivity index (χ2n) is 4.21. The molecule has 0 radical (unpaired) electrons. The van der Waals surface area contributed by atoms with Gasteiger partial charge in [0.1, 0.15) is 9.77 Å². The number of ether oxygens (including phenoxy) is 1. The second kappa shape index (κ2) is 6.00. The first kappa shape index (κ1) is 16.1. The van der Waals surface area contributed by atoms with Crippen molar-refractivity contribution >= 4 is 27.3 Å². The summed E-state index contributed by atoms with van der Waals surface area (Å²) in [5, 5.41) is 10.6. The van der Waals surface area contributed by atoms with Gasteiger partial charge in [0.2, 0.25) is 10.0 Å². The Hall–Kier alpha value is -0.960. The molecule has 1 rings (SSSR count). The van der Waals surface area contributed by atoms with E-state index in [-0.39, 0.29) is 22.4 Å². The van der Waals surface area contributed by atoms with Crippen molar-refractivity contribution in [2.45, 2.75) is 24.8 Å². The lowest BCUT2D eigenvalue weighted by molar-refractivity contribution is 0.0698. The molecule has 0 saturated heterocycles. The molecule has 0 aromatic carbocycles. The third-order valence-electron chi connectivity index (χ3n) is 2.78. The van der Waals surface area contributed by atoms with Crippen LogP contribution in [0.2, 0.25) is 0 Å². The van der Waals surface area contributed by atoms with Crippen LogP contribution < -0.4 is 0 Å². The number of rotatable bonds is 6. The molecule has 1 aromatic heterocycles. The van der Waals surface area contributed by atoms with Crippen LogP contribution in [0.3, 0.4) is 0 Å². The second-order valence-corrected chi connectivity index (χ2v) is 7.02. The third kappa shape index (κ3) is 3.14. The number of hydrogen-bond donors (Lipinski definition) is 1. The molecule has 0 aliphatic carbocycles. The fourth-order valence-electron chi connectivity index (χ4n) is 1.63. The summed E-state index contributed by atoms with van der Waals surface area (Å²) in [6, 6.07) is -0.379. The summed E-state index contributed by atoms with van der Waals surface area (Å²) in [6.07, 6.45) is 0. The van der Waals surface area contributed by atoms with Crippen molar-refractivity contribution in [2.24, 2.45) is 0 Å². The largest absolute Gasteiger partial charge is 0.477 e. The van der Waals surface area contributed by atoms with E-state index in [4.69, 9.17) is 9.84 Å². The normalized spacial score (nSPS) is 13.7. The summed E-state index contributed by atoms with van der Waals surface area (Å²) in [7, 11) is -0.940. The van der Waals surface area contributed by atoms with Crippen molar-refractivity contribution < 1.29 is 23.1 Å². The molecule has 0 bridgehead atoms. The van der Waals surface area contributed by atoms with Crippen LogP contribution in [0.25, 0.3) is 0 Å². The number of carboxylic acid groups (broad SMARTS) is 1. The van der Waals surface area contributed by atoms with Crippen LogP contribution in [0.4, 0.5) is 0 Å². The monoisotopic (exact) mass is 307 g/mol. The van der Waals surface area contributed by atoms with Crippen LogP contribution in [-0.4, -0.2) is 50.6 Å². The van der Waals surface area contributed by atoms with E-state index < -0.39 is 16.0 Å². The van der Waals surface area contributed by atoms with Crippen LogP contribution in [0.1, 0.15) is 22.2 Å². The molecule has 0 spiro atoms. The van der Waals surface area contributed by atoms with E-state index in [2.05, 4.69) is 0 Å². The number of nitrogens with zero attached hydrogens (tertiary/aromatic N) is 1. The molecule has 0 aliphatic rings. The molecule has 1 N–H and O–H groups in total. The van der Waals surface area contributed by atoms with Gasteiger partial charge in [-0.3, -0.25) is 0 Å². The predicted octanol–water partition coefficient (Wildman–Crippen LogP) is 1.41. The highest BCUT2D eigenvalue weighted by atomic mass is 32.2. The highest BCUT2D eigenvalue weighted by Crippen LogP contribution is 2.29. The molecule has 6 nitrogen and oxygen atoms in total. The molecule has 0 aliphatic heterocycles. The SMILES string of the molecule is COCC(C)N(C)S(=O)(=O)c1c(C)csc1C(=O)O. The van der Waals surface area contributed by atoms with E-state index in [1.54, 1.807) is 13.8 Å². The number of thiophene rings is 1. The zero-order valence-electron chi connectivity index (χ0n) is 11.2. The zero-order valence-corrected chi connectivity index (χ0v) is 12.8. The molecule has 8 heteroatoms. The molecule has 1 atom stereocenters. The van der Waals surface area contributed by atoms with E-state index in [9.17, 15) is 13.2 Å². The van der Waals surface area contributed by atoms with Crippen LogP contribution in [0.15, 0.2) is 10.3 Å². The Balaban J connectivity index is 3.28. The summed E-state index contributed by atoms with van der Waals surface area (Å²) in [6.45, 7) is 3.52. The van der Waals surface area contributed by atoms with Crippen molar-refractivity contribution in [2.75, 3.05) is 20.8 Å². The van der Waals surface area contributed by atoms with Crippen LogP contribution in [0.5, 0.6) is 0 Å². The van der Waals surface area contributed by atoms with E-state index in [1.807, 2.05) is 0 Å². The standard InChI is InChI=1S/C11H17NO5S2/c1-7-6-18-9(11(13)14)10(7)19(15,16)12(3)8(2)5-17-4/h6,8H,5H2,1-4H3,(H,13,14). The van der Waals surface area contributed by atoms with Gasteiger partial charge in [0.15, 0.2) is 0 Å². The lowest BCUT2D eigenvalue weighted by Crippen LogP contribution is -2.38. The van der Waals surface area contributed by atoms with Gasteiger partial charge in [-0.05, 0) is 24.8 Å². The van der Waals surface area contributed by atoms with Gasteiger partial charge in [-0.15, -0.1) is 11.3 Å². The molecule has 1 heterocycles. The Bertz CT molecular complexity index is 564. The Morgan fingerprint density at radius 1 is 1.58 bits per heavy atom. The predicted molar refractivity (Wildman–Crippen MR) is 72.3 cm³/mol. The molecule has 19 heavy (non-hydrogen) atoms. The number of likely N-dealkylation sites (N-methyl/N-ethyl adjacent to an activating group) is 1. The molecule has 0 fully saturated rings. The average molecular weight is 307 g/mol. The molecular formula is C11H17NO5S2. The minimum Gasteiger partial charge on any atom is -0.477 e. The summed E-state index contributed by atoms with van der Waals surface area (Å²) in [5.74, 6) is -1.23. The average Bonchev–Trinajstić information content (AvgIpc) is 2.71. The number of aryl methyl sites for hydroxylation is 1. The Labute approximate surface area is 116 Å². The summed E-state index contributed by atoms with van der Waals surface area (Å²) < 4.78 is 31.0. The van der Waals surface area contributed by atoms with E-state index in [0.29, 0.717) is 5.56 Å². The fraction of sp³-hybridized carbons (Fsp3) is 0.545. The van der Waals surface area contributed by atoms with Crippen molar-refractivity contribution in [1.82, 2.24) is 4.31 Å². The maximum Gasteiger partial charge on any atom is 0.347 e. The number of methoxy groups -OCH3 is 1. The van der Waals surface area contributed by atoms with Crippen LogP contribution in [0, 0.1) is 6.92 Å². The van der Waals surface area contributed by atoms with Crippen LogP contribution in [-0.2, 0) is 14.8 Å². The summed E-state index contributed by atoms with van der Waals surface area (Å²) in [4.78, 5) is 10.8. The molecular weight excluding hydrogens is 290 g/mol. The Kier molecular flexibility index (Phi) is 5.08. The highest BCUT2D eigenvalue weighted by Gasteiger charge is 2.32. The minimum atomic E-state index is -3.84. The van der Waals surface area contributed by atoms with Crippen molar-refractivity contribution in [3.63, 3.8) is 0 Å². The fourth-order valence-corrected chi connectivity index (χ4v) is 4.55. The van der Waals surface area contributed by atoms with Gasteiger partial charge >= 0.3 is 5.97 Å². The lowest BCUT2D eigenvalue weighted by atomic mass is 10.3. The number of hydrogen-bond acceptors (Lipinski definition) is 5. The van der Waals surface area contributed by atoms with Gasteiger partial charge in [0.25, 0.3) is 0 Å². The molecule has 108 valence electrons. The van der Waals surface area contributed by atoms with Crippen LogP contribution >= 0.6 is 11.3 Å². The van der Waals surface area contributed by atoms with Gasteiger partial charge in [0, 0.05) is 20.2 Å². The number of sulfonamides is 1. The topological polar surface area (TPSA) is 83.9 Å². The first-order valence-corrected chi connectivity index (χ1v) is 7.83. The summed E-state index contributed by atoms with van der Waals surface area (Å²) >= 11 is 0.917. The van der Waals surface area contributed by atoms with Gasteiger partial charge in [0.05, 0.1) is 6.61 Å². The quantitative estimate of drug-likeness (QED) is 0.859. The van der Waals surface area contributed by atoms with Crippen molar-refractivity contribution in [1.29, 1.82) is 0 Å². The number of aromatic carboxylic acids is 1. The van der Waals surface area contributed by atoms with E-state index in [1.165, 1.54) is 19.5 Å². The molecule has 0 amide bonds. The van der Waals surface area contributed by atoms with Gasteiger partial charge in [-0.1, -0.05) is 0 Å². The highest BCUT2D eigenvalue weighted by molar-refractivity contribution is 7.89. The first-order valence-electron chi connectivity index (χ1n) is 5.51. The minimum absolute atomic E-state index is 0.129. The van der Waals surface area contributed by atoms with E-state index >= 15 is 0 Å². The van der Waals surface area contributed by atoms with E-state index in [0.717, 1.165) is 15.6 Å². The van der Waals surface area contributed by atoms with Gasteiger partial charge in [-0.25, -0.2) is 13.2 Å². The maximum atomic E-state index is 12.5. The Morgan fingerprint density at radius 3 is 2.63 bits per heavy atom. The first-order chi connectivity index (χ1) is 8.73. The number of carboxylic acids is 1. The molecule has 0 saturated carbocycles. The number of carbonyl (C=O) groups is 1. The summed E-state index contributed by atoms with van der Waals surface area (Å²) in [5.41, 5.74) is 0.443. The smallest absolute Gasteiger partial charge is 0.347 e. The molecule has 1 aromatic rings. The third-order valence-corrected chi connectivity index (χ3v) is 6.15. The zero-order chi connectivity index (χ0) is 14.8. The van der Waals surface area contributed by atoms with Gasteiger partial charge in [-0.2, -0.15) is 4.31 Å². The Morgan fingerprint density at radius 2 is 2.16 bits per heavy atom. The lowest BCUT2D eigenvalue weighted by Gasteiger charge is -2.24. The molecule has 1 unspecified atom stereocenters.